The van der Waals surface area contributed by atoms with E-state index in [1.165, 1.54) is 0 Å². The van der Waals surface area contributed by atoms with Gasteiger partial charge in [-0.1, -0.05) is 6.07 Å². The SMILES string of the molecule is CNCC1CCCN1C(=O)c1cccc(NC(=O)NC(C)C)c1. The van der Waals surface area contributed by atoms with Crippen molar-refractivity contribution in [3.63, 3.8) is 0 Å². The third kappa shape index (κ3) is 4.69. The number of urea groups is 1. The number of anilines is 1. The lowest BCUT2D eigenvalue weighted by atomic mass is 10.1. The Hall–Kier alpha value is -2.08. The summed E-state index contributed by atoms with van der Waals surface area (Å²) in [6.07, 6.45) is 2.06. The van der Waals surface area contributed by atoms with E-state index in [9.17, 15) is 9.59 Å². The minimum absolute atomic E-state index is 0.0238. The maximum absolute atomic E-state index is 12.7. The molecule has 6 heteroatoms. The predicted octanol–water partition coefficient (Wildman–Crippen LogP) is 2.04. The van der Waals surface area contributed by atoms with Gasteiger partial charge in [0.25, 0.3) is 5.91 Å². The van der Waals surface area contributed by atoms with Gasteiger partial charge in [0.05, 0.1) is 0 Å². The fourth-order valence-electron chi connectivity index (χ4n) is 2.88. The first-order chi connectivity index (χ1) is 11.0. The van der Waals surface area contributed by atoms with Gasteiger partial charge in [-0.3, -0.25) is 4.79 Å². The van der Waals surface area contributed by atoms with Gasteiger partial charge in [0.15, 0.2) is 0 Å². The van der Waals surface area contributed by atoms with E-state index in [1.54, 1.807) is 24.3 Å². The number of nitrogens with one attached hydrogen (secondary N) is 3. The minimum atomic E-state index is -0.265. The molecular weight excluding hydrogens is 292 g/mol. The number of benzene rings is 1. The maximum atomic E-state index is 12.7. The zero-order valence-electron chi connectivity index (χ0n) is 14.1. The molecule has 1 fully saturated rings. The quantitative estimate of drug-likeness (QED) is 0.778. The molecule has 2 rings (SSSR count). The lowest BCUT2D eigenvalue weighted by Gasteiger charge is -2.24. The Morgan fingerprint density at radius 1 is 1.35 bits per heavy atom. The summed E-state index contributed by atoms with van der Waals surface area (Å²) in [5, 5.41) is 8.67. The molecule has 3 amide bonds. The number of carbonyl (C=O) groups is 2. The average molecular weight is 318 g/mol. The van der Waals surface area contributed by atoms with Crippen molar-refractivity contribution >= 4 is 17.6 Å². The van der Waals surface area contributed by atoms with Crippen molar-refractivity contribution in [2.75, 3.05) is 25.5 Å². The number of rotatable bonds is 5. The van der Waals surface area contributed by atoms with Gasteiger partial charge in [0.2, 0.25) is 0 Å². The minimum Gasteiger partial charge on any atom is -0.336 e. The van der Waals surface area contributed by atoms with E-state index >= 15 is 0 Å². The normalized spacial score (nSPS) is 17.4. The number of hydrogen-bond acceptors (Lipinski definition) is 3. The van der Waals surface area contributed by atoms with E-state index in [0.29, 0.717) is 11.3 Å². The van der Waals surface area contributed by atoms with E-state index in [0.717, 1.165) is 25.9 Å². The lowest BCUT2D eigenvalue weighted by Crippen LogP contribution is -2.40. The van der Waals surface area contributed by atoms with E-state index in [-0.39, 0.29) is 24.0 Å². The molecule has 1 atom stereocenters. The zero-order chi connectivity index (χ0) is 16.8. The van der Waals surface area contributed by atoms with E-state index in [4.69, 9.17) is 0 Å². The van der Waals surface area contributed by atoms with E-state index in [2.05, 4.69) is 16.0 Å². The predicted molar refractivity (Wildman–Crippen MR) is 91.7 cm³/mol. The van der Waals surface area contributed by atoms with Crippen LogP contribution in [0.15, 0.2) is 24.3 Å². The van der Waals surface area contributed by atoms with Crippen LogP contribution in [0.2, 0.25) is 0 Å². The molecule has 0 aromatic heterocycles. The van der Waals surface area contributed by atoms with Crippen LogP contribution in [0.3, 0.4) is 0 Å². The van der Waals surface area contributed by atoms with Gasteiger partial charge in [-0.25, -0.2) is 4.79 Å². The van der Waals surface area contributed by atoms with Gasteiger partial charge < -0.3 is 20.9 Å². The summed E-state index contributed by atoms with van der Waals surface area (Å²) in [6, 6.07) is 7.14. The Morgan fingerprint density at radius 3 is 2.83 bits per heavy atom. The van der Waals surface area contributed by atoms with Crippen LogP contribution in [-0.2, 0) is 0 Å². The summed E-state index contributed by atoms with van der Waals surface area (Å²) in [6.45, 7) is 5.39. The van der Waals surface area contributed by atoms with Crippen molar-refractivity contribution in [2.45, 2.75) is 38.8 Å². The first-order valence-electron chi connectivity index (χ1n) is 8.14. The second-order valence-electron chi connectivity index (χ2n) is 6.19. The summed E-state index contributed by atoms with van der Waals surface area (Å²) in [5.74, 6) is 0.0238. The maximum Gasteiger partial charge on any atom is 0.319 e. The van der Waals surface area contributed by atoms with Crippen LogP contribution in [0.4, 0.5) is 10.5 Å². The van der Waals surface area contributed by atoms with Gasteiger partial charge in [0.1, 0.15) is 0 Å². The number of likely N-dealkylation sites (N-methyl/N-ethyl adjacent to an activating group) is 1. The fraction of sp³-hybridized carbons (Fsp3) is 0.529. The highest BCUT2D eigenvalue weighted by molar-refractivity contribution is 5.97. The molecule has 0 bridgehead atoms. The van der Waals surface area contributed by atoms with Crippen LogP contribution >= 0.6 is 0 Å². The largest absolute Gasteiger partial charge is 0.336 e. The third-order valence-electron chi connectivity index (χ3n) is 3.86. The van der Waals surface area contributed by atoms with Crippen molar-refractivity contribution in [3.05, 3.63) is 29.8 Å². The molecule has 1 heterocycles. The van der Waals surface area contributed by atoms with Crippen molar-refractivity contribution in [1.82, 2.24) is 15.5 Å². The first kappa shape index (κ1) is 17.3. The summed E-state index contributed by atoms with van der Waals surface area (Å²) in [4.78, 5) is 26.4. The molecule has 6 nitrogen and oxygen atoms in total. The Labute approximate surface area is 137 Å². The third-order valence-corrected chi connectivity index (χ3v) is 3.86. The second kappa shape index (κ2) is 7.97. The standard InChI is InChI=1S/C17H26N4O2/c1-12(2)19-17(23)20-14-7-4-6-13(10-14)16(22)21-9-5-8-15(21)11-18-3/h4,6-7,10,12,15,18H,5,8-9,11H2,1-3H3,(H2,19,20,23). The number of amides is 3. The summed E-state index contributed by atoms with van der Waals surface area (Å²) < 4.78 is 0. The second-order valence-corrected chi connectivity index (χ2v) is 6.19. The van der Waals surface area contributed by atoms with Crippen LogP contribution in [0.1, 0.15) is 37.0 Å². The van der Waals surface area contributed by atoms with Gasteiger partial charge >= 0.3 is 6.03 Å². The molecule has 3 N–H and O–H groups in total. The van der Waals surface area contributed by atoms with Crippen LogP contribution in [0.5, 0.6) is 0 Å². The molecule has 1 saturated heterocycles. The van der Waals surface area contributed by atoms with Crippen molar-refractivity contribution in [2.24, 2.45) is 0 Å². The molecule has 1 aliphatic heterocycles. The summed E-state index contributed by atoms with van der Waals surface area (Å²) in [5.41, 5.74) is 1.23. The highest BCUT2D eigenvalue weighted by atomic mass is 16.2. The monoisotopic (exact) mass is 318 g/mol. The molecule has 1 aromatic rings. The van der Waals surface area contributed by atoms with E-state index < -0.39 is 0 Å². The van der Waals surface area contributed by atoms with Crippen molar-refractivity contribution < 1.29 is 9.59 Å². The number of likely N-dealkylation sites (tertiary alicyclic amines) is 1. The van der Waals surface area contributed by atoms with Gasteiger partial charge in [-0.15, -0.1) is 0 Å². The summed E-state index contributed by atoms with van der Waals surface area (Å²) >= 11 is 0. The molecular formula is C17H26N4O2. The highest BCUT2D eigenvalue weighted by Gasteiger charge is 2.28. The number of hydrogen-bond donors (Lipinski definition) is 3. The highest BCUT2D eigenvalue weighted by Crippen LogP contribution is 2.21. The fourth-order valence-corrected chi connectivity index (χ4v) is 2.88. The van der Waals surface area contributed by atoms with Gasteiger partial charge in [-0.05, 0) is 51.9 Å². The van der Waals surface area contributed by atoms with Crippen LogP contribution in [0.25, 0.3) is 0 Å². The zero-order valence-corrected chi connectivity index (χ0v) is 14.1. The molecule has 0 spiro atoms. The summed E-state index contributed by atoms with van der Waals surface area (Å²) in [7, 11) is 1.90. The van der Waals surface area contributed by atoms with Crippen molar-refractivity contribution in [3.8, 4) is 0 Å². The molecule has 1 unspecified atom stereocenters. The Balaban J connectivity index is 2.06. The van der Waals surface area contributed by atoms with Gasteiger partial charge in [0, 0.05) is 36.4 Å². The van der Waals surface area contributed by atoms with E-state index in [1.807, 2.05) is 25.8 Å². The molecule has 0 saturated carbocycles. The molecule has 1 aromatic carbocycles. The van der Waals surface area contributed by atoms with Crippen LogP contribution in [-0.4, -0.2) is 49.1 Å². The lowest BCUT2D eigenvalue weighted by molar-refractivity contribution is 0.0737. The topological polar surface area (TPSA) is 73.5 Å². The van der Waals surface area contributed by atoms with Crippen LogP contribution < -0.4 is 16.0 Å². The molecule has 126 valence electrons. The van der Waals surface area contributed by atoms with Gasteiger partial charge in [-0.2, -0.15) is 0 Å². The first-order valence-corrected chi connectivity index (χ1v) is 8.14. The molecule has 23 heavy (non-hydrogen) atoms. The Kier molecular flexibility index (Phi) is 5.98. The molecule has 0 radical (unpaired) electrons. The van der Waals surface area contributed by atoms with Crippen molar-refractivity contribution in [1.29, 1.82) is 0 Å². The Bertz CT molecular complexity index is 559. The van der Waals surface area contributed by atoms with Crippen LogP contribution in [0, 0.1) is 0 Å². The molecule has 1 aliphatic rings. The molecule has 0 aliphatic carbocycles. The average Bonchev–Trinajstić information content (AvgIpc) is 2.94. The number of nitrogens with zero attached hydrogens (tertiary/aromatic N) is 1. The number of carbonyl (C=O) groups excluding carboxylic acids is 2. The smallest absolute Gasteiger partial charge is 0.319 e. The Morgan fingerprint density at radius 2 is 2.13 bits per heavy atom.